The number of benzene rings is 1. The second-order valence-corrected chi connectivity index (χ2v) is 4.58. The summed E-state index contributed by atoms with van der Waals surface area (Å²) in [5.41, 5.74) is 1.24. The van der Waals surface area contributed by atoms with Crippen molar-refractivity contribution in [1.82, 2.24) is 10.2 Å². The highest BCUT2D eigenvalue weighted by Crippen LogP contribution is 2.30. The van der Waals surface area contributed by atoms with Gasteiger partial charge < -0.3 is 5.32 Å². The quantitative estimate of drug-likeness (QED) is 0.798. The summed E-state index contributed by atoms with van der Waals surface area (Å²) in [5.74, 6) is 4.99. The van der Waals surface area contributed by atoms with Crippen molar-refractivity contribution in [1.29, 1.82) is 0 Å². The molecule has 0 aromatic heterocycles. The molecule has 2 atom stereocenters. The van der Waals surface area contributed by atoms with Gasteiger partial charge in [0, 0.05) is 6.54 Å². The first-order valence-corrected chi connectivity index (χ1v) is 6.21. The van der Waals surface area contributed by atoms with Gasteiger partial charge in [0.15, 0.2) is 0 Å². The van der Waals surface area contributed by atoms with Crippen molar-refractivity contribution in [3.8, 4) is 11.8 Å². The molecule has 0 bridgehead atoms. The van der Waals surface area contributed by atoms with Crippen molar-refractivity contribution in [2.24, 2.45) is 0 Å². The first kappa shape index (κ1) is 12.7. The predicted molar refractivity (Wildman–Crippen MR) is 71.8 cm³/mol. The van der Waals surface area contributed by atoms with Crippen LogP contribution in [0.2, 0.25) is 0 Å². The Morgan fingerprint density at radius 2 is 2.11 bits per heavy atom. The Balaban J connectivity index is 2.15. The molecule has 0 saturated carbocycles. The van der Waals surface area contributed by atoms with E-state index >= 15 is 0 Å². The minimum absolute atomic E-state index is 0.144. The van der Waals surface area contributed by atoms with Gasteiger partial charge in [-0.2, -0.15) is 0 Å². The topological polar surface area (TPSA) is 32.3 Å². The number of carbonyl (C=O) groups is 1. The third kappa shape index (κ3) is 2.72. The van der Waals surface area contributed by atoms with Crippen LogP contribution in [0.25, 0.3) is 0 Å². The van der Waals surface area contributed by atoms with Gasteiger partial charge in [-0.3, -0.25) is 9.69 Å². The maximum absolute atomic E-state index is 11.6. The summed E-state index contributed by atoms with van der Waals surface area (Å²) >= 11 is 0. The number of likely N-dealkylation sites (N-methyl/N-ethyl adjacent to an activating group) is 1. The van der Waals surface area contributed by atoms with Crippen molar-refractivity contribution in [2.75, 3.05) is 13.6 Å². The first-order valence-electron chi connectivity index (χ1n) is 6.21. The van der Waals surface area contributed by atoms with Gasteiger partial charge in [0.25, 0.3) is 5.91 Å². The molecule has 0 spiro atoms. The van der Waals surface area contributed by atoms with Crippen LogP contribution in [0.3, 0.4) is 0 Å². The van der Waals surface area contributed by atoms with E-state index in [1.807, 2.05) is 18.2 Å². The zero-order chi connectivity index (χ0) is 13.0. The van der Waals surface area contributed by atoms with E-state index in [9.17, 15) is 4.79 Å². The molecule has 18 heavy (non-hydrogen) atoms. The SMILES string of the molecule is CC#CC(=O)N[C@H]1CCN(C)[C@H]1c1ccccc1. The number of hydrogen-bond donors (Lipinski definition) is 1. The maximum Gasteiger partial charge on any atom is 0.296 e. The number of hydrogen-bond acceptors (Lipinski definition) is 2. The molecule has 0 aliphatic carbocycles. The fraction of sp³-hybridized carbons (Fsp3) is 0.400. The summed E-state index contributed by atoms with van der Waals surface area (Å²) in [6.07, 6.45) is 0.965. The van der Waals surface area contributed by atoms with Gasteiger partial charge in [-0.15, -0.1) is 0 Å². The van der Waals surface area contributed by atoms with Crippen LogP contribution in [0.15, 0.2) is 30.3 Å². The second-order valence-electron chi connectivity index (χ2n) is 4.58. The fourth-order valence-electron chi connectivity index (χ4n) is 2.55. The second kappa shape index (κ2) is 5.70. The Bertz CT molecular complexity index is 472. The van der Waals surface area contributed by atoms with E-state index in [4.69, 9.17) is 0 Å². The van der Waals surface area contributed by atoms with Crippen molar-refractivity contribution in [3.05, 3.63) is 35.9 Å². The molecule has 2 rings (SSSR count). The smallest absolute Gasteiger partial charge is 0.296 e. The molecule has 1 heterocycles. The maximum atomic E-state index is 11.6. The largest absolute Gasteiger partial charge is 0.341 e. The van der Waals surface area contributed by atoms with Gasteiger partial charge in [-0.1, -0.05) is 36.3 Å². The summed E-state index contributed by atoms with van der Waals surface area (Å²) in [6.45, 7) is 2.67. The van der Waals surface area contributed by atoms with Crippen LogP contribution in [-0.4, -0.2) is 30.4 Å². The molecule has 0 unspecified atom stereocenters. The first-order chi connectivity index (χ1) is 8.72. The molecule has 1 aromatic rings. The van der Waals surface area contributed by atoms with Gasteiger partial charge in [0.05, 0.1) is 12.1 Å². The van der Waals surface area contributed by atoms with E-state index in [0.29, 0.717) is 0 Å². The molecule has 0 radical (unpaired) electrons. The van der Waals surface area contributed by atoms with E-state index in [-0.39, 0.29) is 18.0 Å². The summed E-state index contributed by atoms with van der Waals surface area (Å²) in [7, 11) is 2.09. The van der Waals surface area contributed by atoms with E-state index < -0.39 is 0 Å². The minimum atomic E-state index is -0.182. The molecule has 1 fully saturated rings. The number of nitrogens with one attached hydrogen (secondary N) is 1. The monoisotopic (exact) mass is 242 g/mol. The molecular formula is C15H18N2O. The average Bonchev–Trinajstić information content (AvgIpc) is 2.72. The molecule has 3 nitrogen and oxygen atoms in total. The van der Waals surface area contributed by atoms with Gasteiger partial charge >= 0.3 is 0 Å². The highest BCUT2D eigenvalue weighted by atomic mass is 16.1. The Morgan fingerprint density at radius 3 is 2.78 bits per heavy atom. The van der Waals surface area contributed by atoms with Gasteiger partial charge in [-0.05, 0) is 31.9 Å². The van der Waals surface area contributed by atoms with Gasteiger partial charge in [0.1, 0.15) is 0 Å². The average molecular weight is 242 g/mol. The Labute approximate surface area is 108 Å². The minimum Gasteiger partial charge on any atom is -0.341 e. The Hall–Kier alpha value is -1.79. The lowest BCUT2D eigenvalue weighted by Gasteiger charge is -2.25. The molecule has 1 N–H and O–H groups in total. The molecule has 1 amide bonds. The van der Waals surface area contributed by atoms with Gasteiger partial charge in [0.2, 0.25) is 0 Å². The van der Waals surface area contributed by atoms with Crippen LogP contribution in [0.5, 0.6) is 0 Å². The van der Waals surface area contributed by atoms with Crippen LogP contribution in [0.4, 0.5) is 0 Å². The number of carbonyl (C=O) groups excluding carboxylic acids is 1. The summed E-state index contributed by atoms with van der Waals surface area (Å²) in [6, 6.07) is 10.7. The van der Waals surface area contributed by atoms with E-state index in [2.05, 4.69) is 41.2 Å². The van der Waals surface area contributed by atoms with E-state index in [1.54, 1.807) is 6.92 Å². The molecule has 1 saturated heterocycles. The van der Waals surface area contributed by atoms with Crippen LogP contribution in [-0.2, 0) is 4.79 Å². The molecule has 1 aliphatic rings. The molecule has 1 aromatic carbocycles. The van der Waals surface area contributed by atoms with Crippen molar-refractivity contribution in [3.63, 3.8) is 0 Å². The standard InChI is InChI=1S/C15H18N2O/c1-3-7-14(18)16-13-10-11-17(2)15(13)12-8-5-4-6-9-12/h4-6,8-9,13,15H,10-11H2,1-2H3,(H,16,18)/t13-,15-/m0/s1. The third-order valence-corrected chi connectivity index (χ3v) is 3.34. The van der Waals surface area contributed by atoms with Crippen LogP contribution in [0, 0.1) is 11.8 Å². The predicted octanol–water partition coefficient (Wildman–Crippen LogP) is 1.57. The normalized spacial score (nSPS) is 23.2. The zero-order valence-electron chi connectivity index (χ0n) is 10.8. The van der Waals surface area contributed by atoms with E-state index in [1.165, 1.54) is 5.56 Å². The summed E-state index contributed by atoms with van der Waals surface area (Å²) < 4.78 is 0. The molecular weight excluding hydrogens is 224 g/mol. The van der Waals surface area contributed by atoms with Crippen molar-refractivity contribution >= 4 is 5.91 Å². The van der Waals surface area contributed by atoms with Crippen molar-refractivity contribution in [2.45, 2.75) is 25.4 Å². The Morgan fingerprint density at radius 1 is 1.39 bits per heavy atom. The lowest BCUT2D eigenvalue weighted by atomic mass is 10.0. The van der Waals surface area contributed by atoms with Gasteiger partial charge in [-0.25, -0.2) is 0 Å². The number of amides is 1. The lowest BCUT2D eigenvalue weighted by molar-refractivity contribution is -0.116. The number of rotatable bonds is 2. The highest BCUT2D eigenvalue weighted by Gasteiger charge is 2.33. The molecule has 94 valence electrons. The third-order valence-electron chi connectivity index (χ3n) is 3.34. The zero-order valence-corrected chi connectivity index (χ0v) is 10.8. The van der Waals surface area contributed by atoms with Crippen molar-refractivity contribution < 1.29 is 4.79 Å². The summed E-state index contributed by atoms with van der Waals surface area (Å²) in [4.78, 5) is 13.9. The highest BCUT2D eigenvalue weighted by molar-refractivity contribution is 5.93. The number of nitrogens with zero attached hydrogens (tertiary/aromatic N) is 1. The van der Waals surface area contributed by atoms with Crippen LogP contribution < -0.4 is 5.32 Å². The molecule has 3 heteroatoms. The van der Waals surface area contributed by atoms with E-state index in [0.717, 1.165) is 13.0 Å². The lowest BCUT2D eigenvalue weighted by Crippen LogP contribution is -2.38. The summed E-state index contributed by atoms with van der Waals surface area (Å²) in [5, 5.41) is 3.00. The molecule has 1 aliphatic heterocycles. The number of likely N-dealkylation sites (tertiary alicyclic amines) is 1. The Kier molecular flexibility index (Phi) is 4.01. The van der Waals surface area contributed by atoms with Crippen LogP contribution >= 0.6 is 0 Å². The fourth-order valence-corrected chi connectivity index (χ4v) is 2.55. The van der Waals surface area contributed by atoms with Crippen LogP contribution in [0.1, 0.15) is 24.9 Å².